The molecule has 4 N–H and O–H groups in total. The summed E-state index contributed by atoms with van der Waals surface area (Å²) in [5, 5.41) is 20.6. The Balaban J connectivity index is 2.24. The molecule has 0 saturated carbocycles. The molecule has 1 aliphatic rings. The van der Waals surface area contributed by atoms with E-state index in [9.17, 15) is 15.4 Å². The Morgan fingerprint density at radius 2 is 1.92 bits per heavy atom. The lowest BCUT2D eigenvalue weighted by Crippen LogP contribution is -2.30. The van der Waals surface area contributed by atoms with Gasteiger partial charge < -0.3 is 16.4 Å². The monoisotopic (exact) mass is 339 g/mol. The van der Waals surface area contributed by atoms with Crippen LogP contribution in [0.5, 0.6) is 0 Å². The van der Waals surface area contributed by atoms with E-state index in [0.29, 0.717) is 5.56 Å². The lowest BCUT2D eigenvalue weighted by Gasteiger charge is -2.30. The van der Waals surface area contributed by atoms with Gasteiger partial charge in [-0.2, -0.15) is 10.2 Å². The van der Waals surface area contributed by atoms with Gasteiger partial charge in [-0.05, 0) is 25.3 Å². The Labute approximate surface area is 144 Å². The van der Waals surface area contributed by atoms with E-state index in [4.69, 9.17) is 11.5 Å². The van der Waals surface area contributed by atoms with Crippen LogP contribution in [-0.2, 0) is 0 Å². The van der Waals surface area contributed by atoms with Gasteiger partial charge in [-0.1, -0.05) is 0 Å². The fraction of sp³-hybridized carbons (Fsp3) is 0.312. The van der Waals surface area contributed by atoms with Crippen molar-refractivity contribution in [2.75, 3.05) is 29.5 Å². The van der Waals surface area contributed by atoms with Crippen molar-refractivity contribution >= 4 is 23.1 Å². The van der Waals surface area contributed by atoms with Gasteiger partial charge in [0.2, 0.25) is 5.95 Å². The highest BCUT2D eigenvalue weighted by Crippen LogP contribution is 2.37. The SMILES string of the molecule is N#Cc1c(N)nc(N)nc1-c1cc([N+](=O)[O-])ccc1N1CCCCC1. The summed E-state index contributed by atoms with van der Waals surface area (Å²) in [6.45, 7) is 1.67. The summed E-state index contributed by atoms with van der Waals surface area (Å²) in [4.78, 5) is 20.8. The van der Waals surface area contributed by atoms with Crippen LogP contribution in [0.1, 0.15) is 24.8 Å². The molecule has 0 unspecified atom stereocenters. The Hall–Kier alpha value is -3.41. The summed E-state index contributed by atoms with van der Waals surface area (Å²) in [7, 11) is 0. The molecule has 9 nitrogen and oxygen atoms in total. The molecule has 1 fully saturated rings. The number of nitrogens with zero attached hydrogens (tertiary/aromatic N) is 5. The molecule has 2 heterocycles. The first kappa shape index (κ1) is 16.4. The van der Waals surface area contributed by atoms with E-state index >= 15 is 0 Å². The molecule has 0 amide bonds. The molecule has 0 spiro atoms. The fourth-order valence-corrected chi connectivity index (χ4v) is 3.04. The average molecular weight is 339 g/mol. The second kappa shape index (κ2) is 6.60. The maximum absolute atomic E-state index is 11.2. The number of hydrogen-bond acceptors (Lipinski definition) is 8. The normalized spacial score (nSPS) is 14.1. The Kier molecular flexibility index (Phi) is 4.35. The van der Waals surface area contributed by atoms with E-state index < -0.39 is 4.92 Å². The number of hydrogen-bond donors (Lipinski definition) is 2. The minimum Gasteiger partial charge on any atom is -0.382 e. The minimum absolute atomic E-state index is 0.0406. The molecule has 25 heavy (non-hydrogen) atoms. The summed E-state index contributed by atoms with van der Waals surface area (Å²) in [5.41, 5.74) is 12.9. The van der Waals surface area contributed by atoms with Gasteiger partial charge in [0.1, 0.15) is 17.5 Å². The van der Waals surface area contributed by atoms with Crippen molar-refractivity contribution in [1.82, 2.24) is 9.97 Å². The zero-order valence-electron chi connectivity index (χ0n) is 13.5. The van der Waals surface area contributed by atoms with Gasteiger partial charge in [-0.25, -0.2) is 4.98 Å². The standard InChI is InChI=1S/C16H17N7O2/c17-9-12-14(20-16(19)21-15(12)18)11-8-10(23(24)25)4-5-13(11)22-6-2-1-3-7-22/h4-5,8H,1-3,6-7H2,(H4,18,19,20,21). The van der Waals surface area contributed by atoms with Crippen LogP contribution >= 0.6 is 0 Å². The topological polar surface area (TPSA) is 148 Å². The fourth-order valence-electron chi connectivity index (χ4n) is 3.04. The van der Waals surface area contributed by atoms with Gasteiger partial charge in [-0.3, -0.25) is 10.1 Å². The van der Waals surface area contributed by atoms with Crippen molar-refractivity contribution in [3.63, 3.8) is 0 Å². The molecule has 0 atom stereocenters. The first-order valence-electron chi connectivity index (χ1n) is 7.88. The Morgan fingerprint density at radius 1 is 1.20 bits per heavy atom. The maximum atomic E-state index is 11.2. The highest BCUT2D eigenvalue weighted by atomic mass is 16.6. The zero-order chi connectivity index (χ0) is 18.0. The molecular formula is C16H17N7O2. The van der Waals surface area contributed by atoms with Crippen LogP contribution < -0.4 is 16.4 Å². The lowest BCUT2D eigenvalue weighted by atomic mass is 10.0. The van der Waals surface area contributed by atoms with Gasteiger partial charge in [0.15, 0.2) is 0 Å². The van der Waals surface area contributed by atoms with Crippen LogP contribution in [0.3, 0.4) is 0 Å². The van der Waals surface area contributed by atoms with Crippen molar-refractivity contribution in [2.24, 2.45) is 0 Å². The average Bonchev–Trinajstić information content (AvgIpc) is 2.61. The number of nitrogens with two attached hydrogens (primary N) is 2. The number of rotatable bonds is 3. The molecule has 1 aromatic carbocycles. The van der Waals surface area contributed by atoms with Gasteiger partial charge in [0.25, 0.3) is 5.69 Å². The van der Waals surface area contributed by atoms with Crippen LogP contribution in [0.15, 0.2) is 18.2 Å². The predicted octanol–water partition coefficient (Wildman–Crippen LogP) is 2.08. The molecule has 9 heteroatoms. The van der Waals surface area contributed by atoms with Gasteiger partial charge in [0.05, 0.1) is 10.6 Å². The van der Waals surface area contributed by atoms with E-state index in [0.717, 1.165) is 38.0 Å². The smallest absolute Gasteiger partial charge is 0.270 e. The van der Waals surface area contributed by atoms with E-state index in [1.807, 2.05) is 6.07 Å². The number of nitro benzene ring substituents is 1. The van der Waals surface area contributed by atoms with E-state index in [1.54, 1.807) is 6.07 Å². The van der Waals surface area contributed by atoms with Gasteiger partial charge in [0, 0.05) is 36.5 Å². The van der Waals surface area contributed by atoms with Crippen LogP contribution in [0.2, 0.25) is 0 Å². The third-order valence-electron chi connectivity index (χ3n) is 4.21. The van der Waals surface area contributed by atoms with Crippen molar-refractivity contribution in [3.8, 4) is 17.3 Å². The molecule has 2 aromatic rings. The number of non-ortho nitro benzene ring substituents is 1. The molecular weight excluding hydrogens is 322 g/mol. The highest BCUT2D eigenvalue weighted by molar-refractivity contribution is 5.84. The van der Waals surface area contributed by atoms with Gasteiger partial charge >= 0.3 is 0 Å². The second-order valence-electron chi connectivity index (χ2n) is 5.81. The van der Waals surface area contributed by atoms with Crippen LogP contribution in [-0.4, -0.2) is 28.0 Å². The third-order valence-corrected chi connectivity index (χ3v) is 4.21. The predicted molar refractivity (Wildman–Crippen MR) is 93.7 cm³/mol. The molecule has 1 aromatic heterocycles. The van der Waals surface area contributed by atoms with Crippen LogP contribution in [0.25, 0.3) is 11.3 Å². The summed E-state index contributed by atoms with van der Waals surface area (Å²) in [6, 6.07) is 6.52. The summed E-state index contributed by atoms with van der Waals surface area (Å²) in [6.07, 6.45) is 3.22. The number of anilines is 3. The van der Waals surface area contributed by atoms with Crippen molar-refractivity contribution < 1.29 is 4.92 Å². The summed E-state index contributed by atoms with van der Waals surface area (Å²) < 4.78 is 0. The first-order chi connectivity index (χ1) is 12.0. The van der Waals surface area contributed by atoms with Crippen molar-refractivity contribution in [1.29, 1.82) is 5.26 Å². The van der Waals surface area contributed by atoms with Crippen LogP contribution in [0, 0.1) is 21.4 Å². The highest BCUT2D eigenvalue weighted by Gasteiger charge is 2.23. The quantitative estimate of drug-likeness (QED) is 0.637. The first-order valence-corrected chi connectivity index (χ1v) is 7.88. The van der Waals surface area contributed by atoms with Gasteiger partial charge in [-0.15, -0.1) is 0 Å². The number of nitro groups is 1. The lowest BCUT2D eigenvalue weighted by molar-refractivity contribution is -0.384. The molecule has 0 aliphatic carbocycles. The van der Waals surface area contributed by atoms with E-state index in [1.165, 1.54) is 12.1 Å². The molecule has 1 saturated heterocycles. The molecule has 3 rings (SSSR count). The van der Waals surface area contributed by atoms with E-state index in [2.05, 4.69) is 14.9 Å². The number of benzene rings is 1. The number of nitrogen functional groups attached to an aromatic ring is 2. The van der Waals surface area contributed by atoms with Crippen molar-refractivity contribution in [2.45, 2.75) is 19.3 Å². The zero-order valence-corrected chi connectivity index (χ0v) is 13.5. The largest absolute Gasteiger partial charge is 0.382 e. The van der Waals surface area contributed by atoms with Crippen molar-refractivity contribution in [3.05, 3.63) is 33.9 Å². The molecule has 0 radical (unpaired) electrons. The third kappa shape index (κ3) is 3.14. The number of nitriles is 1. The minimum atomic E-state index is -0.483. The Morgan fingerprint density at radius 3 is 2.56 bits per heavy atom. The molecule has 128 valence electrons. The summed E-state index contributed by atoms with van der Waals surface area (Å²) in [5.74, 6) is -0.122. The molecule has 1 aliphatic heterocycles. The second-order valence-corrected chi connectivity index (χ2v) is 5.81. The number of piperidine rings is 1. The molecule has 0 bridgehead atoms. The maximum Gasteiger partial charge on any atom is 0.270 e. The van der Waals surface area contributed by atoms with Crippen LogP contribution in [0.4, 0.5) is 23.1 Å². The number of aromatic nitrogens is 2. The summed E-state index contributed by atoms with van der Waals surface area (Å²) >= 11 is 0. The van der Waals surface area contributed by atoms with E-state index in [-0.39, 0.29) is 28.7 Å². The Bertz CT molecular complexity index is 870.